The lowest BCUT2D eigenvalue weighted by Crippen LogP contribution is -2.33. The van der Waals surface area contributed by atoms with Crippen molar-refractivity contribution in [2.45, 2.75) is 50.5 Å². The van der Waals surface area contributed by atoms with E-state index >= 15 is 0 Å². The molecule has 2 saturated carbocycles. The zero-order chi connectivity index (χ0) is 16.4. The van der Waals surface area contributed by atoms with Crippen LogP contribution in [0.1, 0.15) is 60.4 Å². The Kier molecular flexibility index (Phi) is 5.00. The van der Waals surface area contributed by atoms with E-state index in [2.05, 4.69) is 4.74 Å². The summed E-state index contributed by atoms with van der Waals surface area (Å²) in [7, 11) is 3.11. The van der Waals surface area contributed by atoms with E-state index in [1.54, 1.807) is 19.2 Å². The highest BCUT2D eigenvalue weighted by molar-refractivity contribution is 5.89. The monoisotopic (exact) mass is 320 g/mol. The summed E-state index contributed by atoms with van der Waals surface area (Å²) < 4.78 is 24.6. The third-order valence-corrected chi connectivity index (χ3v) is 5.76. The molecule has 3 rings (SSSR count). The highest BCUT2D eigenvalue weighted by Crippen LogP contribution is 2.47. The zero-order valence-electron chi connectivity index (χ0n) is 13.9. The number of benzene rings is 1. The van der Waals surface area contributed by atoms with Crippen molar-refractivity contribution < 1.29 is 18.7 Å². The summed E-state index contributed by atoms with van der Waals surface area (Å²) in [5, 5.41) is 0. The van der Waals surface area contributed by atoms with Gasteiger partial charge in [0.15, 0.2) is 0 Å². The van der Waals surface area contributed by atoms with E-state index < -0.39 is 5.97 Å². The maximum atomic E-state index is 14.4. The zero-order valence-corrected chi connectivity index (χ0v) is 13.9. The molecule has 4 atom stereocenters. The second-order valence-electron chi connectivity index (χ2n) is 6.93. The van der Waals surface area contributed by atoms with Gasteiger partial charge >= 0.3 is 5.97 Å². The molecule has 0 aliphatic heterocycles. The smallest absolute Gasteiger partial charge is 0.337 e. The highest BCUT2D eigenvalue weighted by atomic mass is 19.1. The van der Waals surface area contributed by atoms with E-state index in [1.807, 2.05) is 0 Å². The molecule has 4 unspecified atom stereocenters. The topological polar surface area (TPSA) is 35.5 Å². The van der Waals surface area contributed by atoms with Crippen molar-refractivity contribution >= 4 is 5.97 Å². The Morgan fingerprint density at radius 2 is 1.83 bits per heavy atom. The lowest BCUT2D eigenvalue weighted by Gasteiger charge is -2.42. The van der Waals surface area contributed by atoms with E-state index in [-0.39, 0.29) is 17.3 Å². The van der Waals surface area contributed by atoms with Gasteiger partial charge in [0.1, 0.15) is 5.82 Å². The number of carbonyl (C=O) groups excluding carboxylic acids is 1. The van der Waals surface area contributed by atoms with Gasteiger partial charge in [-0.15, -0.1) is 0 Å². The molecule has 0 radical (unpaired) electrons. The molecule has 2 aliphatic carbocycles. The minimum atomic E-state index is -0.489. The SMILES string of the molecule is COC(=O)c1ccc(C2CCC3CC(OC)CCC3C2)c(F)c1. The summed E-state index contributed by atoms with van der Waals surface area (Å²) in [6.45, 7) is 0. The van der Waals surface area contributed by atoms with E-state index in [1.165, 1.54) is 19.6 Å². The molecule has 0 N–H and O–H groups in total. The molecule has 3 nitrogen and oxygen atoms in total. The number of carbonyl (C=O) groups is 1. The van der Waals surface area contributed by atoms with Gasteiger partial charge in [-0.1, -0.05) is 6.07 Å². The van der Waals surface area contributed by atoms with Crippen LogP contribution in [0.5, 0.6) is 0 Å². The lowest BCUT2D eigenvalue weighted by atomic mass is 9.65. The Morgan fingerprint density at radius 3 is 2.52 bits per heavy atom. The van der Waals surface area contributed by atoms with Crippen LogP contribution in [0.25, 0.3) is 0 Å². The van der Waals surface area contributed by atoms with Crippen LogP contribution in [0.4, 0.5) is 4.39 Å². The summed E-state index contributed by atoms with van der Waals surface area (Å²) in [6, 6.07) is 4.76. The maximum absolute atomic E-state index is 14.4. The van der Waals surface area contributed by atoms with Gasteiger partial charge in [-0.2, -0.15) is 0 Å². The van der Waals surface area contributed by atoms with Crippen molar-refractivity contribution in [3.8, 4) is 0 Å². The summed E-state index contributed by atoms with van der Waals surface area (Å²) in [5.74, 6) is 0.906. The van der Waals surface area contributed by atoms with Crippen LogP contribution in [0.3, 0.4) is 0 Å². The Morgan fingerprint density at radius 1 is 1.09 bits per heavy atom. The number of halogens is 1. The molecule has 0 saturated heterocycles. The standard InChI is InChI=1S/C19H25FO3/c1-22-16-7-5-12-9-14(4-3-13(12)10-16)17-8-6-15(11-18(17)20)19(21)23-2/h6,8,11-14,16H,3-5,7,9-10H2,1-2H3. The number of ether oxygens (including phenoxy) is 2. The van der Waals surface area contributed by atoms with Crippen LogP contribution in [-0.2, 0) is 9.47 Å². The second kappa shape index (κ2) is 7.00. The average Bonchev–Trinajstić information content (AvgIpc) is 2.60. The van der Waals surface area contributed by atoms with Gasteiger partial charge in [0.05, 0.1) is 18.8 Å². The first-order valence-corrected chi connectivity index (χ1v) is 8.53. The fourth-order valence-corrected chi connectivity index (χ4v) is 4.45. The molecule has 126 valence electrons. The van der Waals surface area contributed by atoms with E-state index in [4.69, 9.17) is 4.74 Å². The van der Waals surface area contributed by atoms with Crippen molar-refractivity contribution in [1.29, 1.82) is 0 Å². The van der Waals surface area contributed by atoms with Crippen LogP contribution in [0.2, 0.25) is 0 Å². The fourth-order valence-electron chi connectivity index (χ4n) is 4.45. The Bertz CT molecular complexity index is 572. The van der Waals surface area contributed by atoms with Gasteiger partial charge in [0, 0.05) is 7.11 Å². The summed E-state index contributed by atoms with van der Waals surface area (Å²) in [6.07, 6.45) is 7.08. The first-order chi connectivity index (χ1) is 11.1. The fraction of sp³-hybridized carbons (Fsp3) is 0.632. The molecule has 2 aliphatic rings. The Balaban J connectivity index is 1.70. The molecule has 0 amide bonds. The number of fused-ring (bicyclic) bond motifs is 1. The molecule has 1 aromatic carbocycles. The van der Waals surface area contributed by atoms with Gasteiger partial charge in [-0.25, -0.2) is 9.18 Å². The third-order valence-electron chi connectivity index (χ3n) is 5.76. The molecule has 0 aromatic heterocycles. The Hall–Kier alpha value is -1.42. The highest BCUT2D eigenvalue weighted by Gasteiger charge is 2.36. The Labute approximate surface area is 137 Å². The van der Waals surface area contributed by atoms with Crippen LogP contribution in [0.15, 0.2) is 18.2 Å². The molecule has 0 heterocycles. The van der Waals surface area contributed by atoms with Crippen molar-refractivity contribution in [2.75, 3.05) is 14.2 Å². The van der Waals surface area contributed by atoms with Crippen molar-refractivity contribution in [3.63, 3.8) is 0 Å². The second-order valence-corrected chi connectivity index (χ2v) is 6.93. The summed E-state index contributed by atoms with van der Waals surface area (Å²) in [5.41, 5.74) is 1.04. The number of esters is 1. The summed E-state index contributed by atoms with van der Waals surface area (Å²) >= 11 is 0. The lowest BCUT2D eigenvalue weighted by molar-refractivity contribution is 0.0121. The maximum Gasteiger partial charge on any atom is 0.337 e. The predicted molar refractivity (Wildman–Crippen MR) is 86.0 cm³/mol. The molecule has 23 heavy (non-hydrogen) atoms. The van der Waals surface area contributed by atoms with Crippen molar-refractivity contribution in [2.24, 2.45) is 11.8 Å². The first-order valence-electron chi connectivity index (χ1n) is 8.53. The van der Waals surface area contributed by atoms with Gasteiger partial charge in [0.25, 0.3) is 0 Å². The van der Waals surface area contributed by atoms with Gasteiger partial charge in [-0.05, 0) is 74.0 Å². The largest absolute Gasteiger partial charge is 0.465 e. The molecule has 4 heteroatoms. The molecule has 1 aromatic rings. The third kappa shape index (κ3) is 3.42. The molecular formula is C19H25FO3. The minimum absolute atomic E-state index is 0.266. The molecule has 0 spiro atoms. The van der Waals surface area contributed by atoms with Gasteiger partial charge < -0.3 is 9.47 Å². The summed E-state index contributed by atoms with van der Waals surface area (Å²) in [4.78, 5) is 11.5. The quantitative estimate of drug-likeness (QED) is 0.779. The van der Waals surface area contributed by atoms with E-state index in [0.717, 1.165) is 43.6 Å². The van der Waals surface area contributed by atoms with Crippen LogP contribution in [0, 0.1) is 17.7 Å². The van der Waals surface area contributed by atoms with Crippen molar-refractivity contribution in [1.82, 2.24) is 0 Å². The molecule has 2 fully saturated rings. The number of hydrogen-bond acceptors (Lipinski definition) is 3. The van der Waals surface area contributed by atoms with Crippen molar-refractivity contribution in [3.05, 3.63) is 35.1 Å². The molecule has 0 bridgehead atoms. The minimum Gasteiger partial charge on any atom is -0.465 e. The predicted octanol–water partition coefficient (Wildman–Crippen LogP) is 4.31. The number of methoxy groups -OCH3 is 2. The number of hydrogen-bond donors (Lipinski definition) is 0. The molecular weight excluding hydrogens is 295 g/mol. The number of rotatable bonds is 3. The van der Waals surface area contributed by atoms with E-state index in [9.17, 15) is 9.18 Å². The first kappa shape index (κ1) is 16.4. The van der Waals surface area contributed by atoms with Gasteiger partial charge in [-0.3, -0.25) is 0 Å². The average molecular weight is 320 g/mol. The van der Waals surface area contributed by atoms with Crippen LogP contribution >= 0.6 is 0 Å². The van der Waals surface area contributed by atoms with Crippen LogP contribution in [-0.4, -0.2) is 26.3 Å². The normalized spacial score (nSPS) is 30.6. The van der Waals surface area contributed by atoms with Gasteiger partial charge in [0.2, 0.25) is 0 Å². The van der Waals surface area contributed by atoms with Crippen LogP contribution < -0.4 is 0 Å². The van der Waals surface area contributed by atoms with E-state index in [0.29, 0.717) is 12.0 Å².